The smallest absolute Gasteiger partial charge is 0.262 e. The number of carbonyl (C=O) groups excluding carboxylic acids is 1. The molecule has 0 unspecified atom stereocenters. The Morgan fingerprint density at radius 2 is 2.00 bits per heavy atom. The zero-order chi connectivity index (χ0) is 23.3. The van der Waals surface area contributed by atoms with Crippen LogP contribution in [0.5, 0.6) is 0 Å². The molecule has 1 aliphatic rings. The Bertz CT molecular complexity index is 988. The van der Waals surface area contributed by atoms with Gasteiger partial charge in [0.25, 0.3) is 5.56 Å². The Morgan fingerprint density at radius 1 is 1.28 bits per heavy atom. The highest BCUT2D eigenvalue weighted by atomic mass is 35.5. The Kier molecular flexibility index (Phi) is 9.03. The highest BCUT2D eigenvalue weighted by Gasteiger charge is 2.27. The molecule has 0 saturated heterocycles. The van der Waals surface area contributed by atoms with Gasteiger partial charge in [-0.15, -0.1) is 0 Å². The molecule has 0 bridgehead atoms. The van der Waals surface area contributed by atoms with Gasteiger partial charge in [-0.2, -0.15) is 0 Å². The van der Waals surface area contributed by atoms with Crippen LogP contribution in [-0.4, -0.2) is 51.4 Å². The predicted molar refractivity (Wildman–Crippen MR) is 132 cm³/mol. The Hall–Kier alpha value is -1.57. The standard InChI is InChI=1S/C24H34ClN3O3S/c1-16(2)31-14-8-13-28-23(30)20-12-11-18(25)15-21(20)26-24(28)32-17(3)22(29)27(4)19-9-6-5-7-10-19/h11-12,15-17,19H,5-10,13-14H2,1-4H3/t17-/m1/s1. The quantitative estimate of drug-likeness (QED) is 0.283. The van der Waals surface area contributed by atoms with Crippen molar-refractivity contribution in [1.29, 1.82) is 0 Å². The maximum atomic E-state index is 13.3. The van der Waals surface area contributed by atoms with Gasteiger partial charge in [-0.25, -0.2) is 4.98 Å². The molecule has 1 aliphatic carbocycles. The fourth-order valence-electron chi connectivity index (χ4n) is 4.15. The van der Waals surface area contributed by atoms with Gasteiger partial charge in [0.1, 0.15) is 0 Å². The minimum absolute atomic E-state index is 0.0806. The lowest BCUT2D eigenvalue weighted by atomic mass is 9.94. The van der Waals surface area contributed by atoms with E-state index in [-0.39, 0.29) is 22.8 Å². The average Bonchev–Trinajstić information content (AvgIpc) is 2.77. The van der Waals surface area contributed by atoms with Crippen LogP contribution in [0.3, 0.4) is 0 Å². The molecular weight excluding hydrogens is 446 g/mol. The van der Waals surface area contributed by atoms with E-state index in [9.17, 15) is 9.59 Å². The number of hydrogen-bond donors (Lipinski definition) is 0. The van der Waals surface area contributed by atoms with E-state index >= 15 is 0 Å². The van der Waals surface area contributed by atoms with Gasteiger partial charge in [-0.3, -0.25) is 14.2 Å². The van der Waals surface area contributed by atoms with E-state index in [1.54, 1.807) is 22.8 Å². The van der Waals surface area contributed by atoms with E-state index < -0.39 is 0 Å². The molecule has 0 spiro atoms. The lowest BCUT2D eigenvalue weighted by Crippen LogP contribution is -2.42. The Morgan fingerprint density at radius 3 is 2.69 bits per heavy atom. The van der Waals surface area contributed by atoms with Gasteiger partial charge in [0.15, 0.2) is 5.16 Å². The first-order valence-corrected chi connectivity index (χ1v) is 12.8. The maximum absolute atomic E-state index is 13.3. The highest BCUT2D eigenvalue weighted by molar-refractivity contribution is 8.00. The van der Waals surface area contributed by atoms with E-state index in [4.69, 9.17) is 21.3 Å². The van der Waals surface area contributed by atoms with Crippen molar-refractivity contribution in [3.63, 3.8) is 0 Å². The normalized spacial score (nSPS) is 15.9. The van der Waals surface area contributed by atoms with Crippen molar-refractivity contribution >= 4 is 40.2 Å². The zero-order valence-corrected chi connectivity index (χ0v) is 21.0. The molecule has 1 saturated carbocycles. The van der Waals surface area contributed by atoms with E-state index in [0.717, 1.165) is 12.8 Å². The molecule has 1 aromatic carbocycles. The molecule has 1 heterocycles. The van der Waals surface area contributed by atoms with Crippen LogP contribution in [0, 0.1) is 0 Å². The van der Waals surface area contributed by atoms with Crippen molar-refractivity contribution in [2.24, 2.45) is 0 Å². The SMILES string of the molecule is CC(C)OCCCn1c(S[C@H](C)C(=O)N(C)C2CCCCC2)nc2cc(Cl)ccc2c1=O. The van der Waals surface area contributed by atoms with Gasteiger partial charge in [0, 0.05) is 31.3 Å². The van der Waals surface area contributed by atoms with Crippen LogP contribution in [0.15, 0.2) is 28.2 Å². The van der Waals surface area contributed by atoms with Gasteiger partial charge in [0.2, 0.25) is 5.91 Å². The van der Waals surface area contributed by atoms with E-state index in [2.05, 4.69) is 0 Å². The number of rotatable bonds is 9. The highest BCUT2D eigenvalue weighted by Crippen LogP contribution is 2.28. The van der Waals surface area contributed by atoms with Crippen LogP contribution in [0.4, 0.5) is 0 Å². The number of nitrogens with zero attached hydrogens (tertiary/aromatic N) is 3. The third-order valence-corrected chi connectivity index (χ3v) is 7.27. The number of thioether (sulfide) groups is 1. The van der Waals surface area contributed by atoms with Gasteiger partial charge in [-0.05, 0) is 58.2 Å². The fraction of sp³-hybridized carbons (Fsp3) is 0.625. The molecule has 32 heavy (non-hydrogen) atoms. The fourth-order valence-corrected chi connectivity index (χ4v) is 5.35. The zero-order valence-electron chi connectivity index (χ0n) is 19.5. The van der Waals surface area contributed by atoms with Crippen LogP contribution >= 0.6 is 23.4 Å². The summed E-state index contributed by atoms with van der Waals surface area (Å²) < 4.78 is 7.32. The summed E-state index contributed by atoms with van der Waals surface area (Å²) >= 11 is 7.49. The number of amides is 1. The monoisotopic (exact) mass is 479 g/mol. The third-order valence-electron chi connectivity index (χ3n) is 5.96. The molecule has 1 amide bonds. The number of carbonyl (C=O) groups is 1. The first-order valence-electron chi connectivity index (χ1n) is 11.5. The largest absolute Gasteiger partial charge is 0.379 e. The van der Waals surface area contributed by atoms with Crippen LogP contribution in [0.2, 0.25) is 5.02 Å². The minimum Gasteiger partial charge on any atom is -0.379 e. The molecule has 6 nitrogen and oxygen atoms in total. The molecule has 1 aromatic heterocycles. The number of benzene rings is 1. The summed E-state index contributed by atoms with van der Waals surface area (Å²) in [5, 5.41) is 1.27. The molecule has 2 aromatic rings. The van der Waals surface area contributed by atoms with Crippen LogP contribution < -0.4 is 5.56 Å². The topological polar surface area (TPSA) is 64.4 Å². The summed E-state index contributed by atoms with van der Waals surface area (Å²) in [5.41, 5.74) is 0.443. The van der Waals surface area contributed by atoms with E-state index in [0.29, 0.717) is 46.7 Å². The lowest BCUT2D eigenvalue weighted by Gasteiger charge is -2.32. The van der Waals surface area contributed by atoms with E-state index in [1.165, 1.54) is 31.0 Å². The summed E-state index contributed by atoms with van der Waals surface area (Å²) in [5.74, 6) is 0.0806. The number of halogens is 1. The molecule has 176 valence electrons. The first kappa shape index (κ1) is 25.1. The summed E-state index contributed by atoms with van der Waals surface area (Å²) in [7, 11) is 1.90. The van der Waals surface area contributed by atoms with Crippen molar-refractivity contribution in [3.05, 3.63) is 33.6 Å². The molecule has 3 rings (SSSR count). The van der Waals surface area contributed by atoms with E-state index in [1.807, 2.05) is 32.7 Å². The van der Waals surface area contributed by atoms with Gasteiger partial charge in [0.05, 0.1) is 22.3 Å². The van der Waals surface area contributed by atoms with Crippen molar-refractivity contribution in [2.75, 3.05) is 13.7 Å². The van der Waals surface area contributed by atoms with Crippen molar-refractivity contribution in [1.82, 2.24) is 14.5 Å². The molecule has 0 radical (unpaired) electrons. The maximum Gasteiger partial charge on any atom is 0.262 e. The van der Waals surface area contributed by atoms with Crippen molar-refractivity contribution < 1.29 is 9.53 Å². The third kappa shape index (κ3) is 6.27. The average molecular weight is 480 g/mol. The summed E-state index contributed by atoms with van der Waals surface area (Å²) in [4.78, 5) is 33.0. The number of fused-ring (bicyclic) bond motifs is 1. The van der Waals surface area contributed by atoms with Gasteiger partial charge in [-0.1, -0.05) is 42.6 Å². The number of hydrogen-bond acceptors (Lipinski definition) is 5. The molecular formula is C24H34ClN3O3S. The molecule has 0 N–H and O–H groups in total. The van der Waals surface area contributed by atoms with Gasteiger partial charge >= 0.3 is 0 Å². The minimum atomic E-state index is -0.344. The predicted octanol–water partition coefficient (Wildman–Crippen LogP) is 5.14. The molecule has 0 aliphatic heterocycles. The number of ether oxygens (including phenoxy) is 1. The van der Waals surface area contributed by atoms with Crippen LogP contribution in [0.1, 0.15) is 59.3 Å². The lowest BCUT2D eigenvalue weighted by molar-refractivity contribution is -0.131. The van der Waals surface area contributed by atoms with Gasteiger partial charge < -0.3 is 9.64 Å². The molecule has 1 fully saturated rings. The molecule has 1 atom stereocenters. The first-order chi connectivity index (χ1) is 15.3. The summed E-state index contributed by atoms with van der Waals surface area (Å²) in [6, 6.07) is 5.43. The second-order valence-corrected chi connectivity index (χ2v) is 10.5. The van der Waals surface area contributed by atoms with Crippen molar-refractivity contribution in [3.8, 4) is 0 Å². The van der Waals surface area contributed by atoms with Crippen LogP contribution in [0.25, 0.3) is 10.9 Å². The summed E-state index contributed by atoms with van der Waals surface area (Å²) in [6.45, 7) is 6.92. The second-order valence-electron chi connectivity index (χ2n) is 8.79. The number of aromatic nitrogens is 2. The van der Waals surface area contributed by atoms with Crippen LogP contribution in [-0.2, 0) is 16.1 Å². The Labute approximate surface area is 199 Å². The summed E-state index contributed by atoms with van der Waals surface area (Å²) in [6.07, 6.45) is 6.56. The Balaban J connectivity index is 1.84. The second kappa shape index (κ2) is 11.5. The van der Waals surface area contributed by atoms with Crippen molar-refractivity contribution in [2.45, 2.75) is 88.4 Å². The molecule has 8 heteroatoms.